The molecule has 1 saturated heterocycles. The summed E-state index contributed by atoms with van der Waals surface area (Å²) < 4.78 is 5.53. The molecular weight excluding hydrogens is 396 g/mol. The first kappa shape index (κ1) is 17.3. The zero-order chi connectivity index (χ0) is 20.0. The van der Waals surface area contributed by atoms with E-state index in [9.17, 15) is 14.4 Å². The fourth-order valence-electron chi connectivity index (χ4n) is 2.83. The van der Waals surface area contributed by atoms with Gasteiger partial charge in [0.25, 0.3) is 11.8 Å². The highest BCUT2D eigenvalue weighted by atomic mass is 32.1. The van der Waals surface area contributed by atoms with E-state index in [1.54, 1.807) is 22.2 Å². The van der Waals surface area contributed by atoms with Crippen molar-refractivity contribution in [3.63, 3.8) is 0 Å². The van der Waals surface area contributed by atoms with Crippen LogP contribution in [-0.4, -0.2) is 42.9 Å². The van der Waals surface area contributed by atoms with Crippen LogP contribution in [0.25, 0.3) is 11.7 Å². The Labute approximate surface area is 167 Å². The van der Waals surface area contributed by atoms with Crippen molar-refractivity contribution in [1.82, 2.24) is 29.6 Å². The summed E-state index contributed by atoms with van der Waals surface area (Å²) in [5.41, 5.74) is 1.48. The molecule has 0 unspecified atom stereocenters. The molecule has 11 nitrogen and oxygen atoms in total. The lowest BCUT2D eigenvalue weighted by molar-refractivity contribution is -0.115. The number of imide groups is 1. The number of aromatic nitrogens is 4. The maximum absolute atomic E-state index is 12.4. The van der Waals surface area contributed by atoms with Gasteiger partial charge < -0.3 is 16.0 Å². The van der Waals surface area contributed by atoms with E-state index in [1.165, 1.54) is 23.8 Å². The van der Waals surface area contributed by atoms with Gasteiger partial charge in [0.15, 0.2) is 5.65 Å². The van der Waals surface area contributed by atoms with Crippen LogP contribution in [0.1, 0.15) is 28.8 Å². The van der Waals surface area contributed by atoms with Crippen LogP contribution in [0.3, 0.4) is 0 Å². The smallest absolute Gasteiger partial charge is 0.326 e. The third kappa shape index (κ3) is 3.40. The van der Waals surface area contributed by atoms with Crippen LogP contribution < -0.4 is 21.3 Å². The second-order valence-corrected chi connectivity index (χ2v) is 7.27. The Balaban J connectivity index is 1.55. The van der Waals surface area contributed by atoms with Crippen molar-refractivity contribution in [2.24, 2.45) is 0 Å². The van der Waals surface area contributed by atoms with Gasteiger partial charge in [0, 0.05) is 23.1 Å². The molecule has 4 heterocycles. The number of carbonyl (C=O) groups is 3. The molecule has 5 rings (SSSR count). The van der Waals surface area contributed by atoms with Gasteiger partial charge in [0.2, 0.25) is 0 Å². The highest BCUT2D eigenvalue weighted by Gasteiger charge is 2.25. The summed E-state index contributed by atoms with van der Waals surface area (Å²) in [5.74, 6) is 0.146. The average Bonchev–Trinajstić information content (AvgIpc) is 3.07. The number of nitrogens with one attached hydrogen (secondary N) is 4. The normalized spacial score (nSPS) is 17.4. The quantitative estimate of drug-likeness (QED) is 0.365. The lowest BCUT2D eigenvalue weighted by atomic mass is 10.2. The largest absolute Gasteiger partial charge is 0.367 e. The molecule has 12 heteroatoms. The number of fused-ring (bicyclic) bond motifs is 1. The molecule has 0 atom stereocenters. The minimum absolute atomic E-state index is 0.0992. The van der Waals surface area contributed by atoms with Crippen molar-refractivity contribution >= 4 is 52.7 Å². The summed E-state index contributed by atoms with van der Waals surface area (Å²) in [5, 5.41) is 16.7. The Bertz CT molecular complexity index is 1180. The summed E-state index contributed by atoms with van der Waals surface area (Å²) in [6.45, 7) is 0. The molecule has 4 N–H and O–H groups in total. The van der Waals surface area contributed by atoms with Gasteiger partial charge in [-0.15, -0.1) is 0 Å². The van der Waals surface area contributed by atoms with Crippen LogP contribution in [0, 0.1) is 0 Å². The number of nitrogens with zero attached hydrogens (tertiary/aromatic N) is 4. The van der Waals surface area contributed by atoms with Gasteiger partial charge in [-0.3, -0.25) is 14.9 Å². The monoisotopic (exact) mass is 410 g/mol. The van der Waals surface area contributed by atoms with Crippen LogP contribution in [0.15, 0.2) is 29.5 Å². The minimum Gasteiger partial charge on any atom is -0.367 e. The molecule has 0 spiro atoms. The Hall–Kier alpha value is -3.80. The first-order valence-electron chi connectivity index (χ1n) is 8.77. The number of hydrogen-bond donors (Lipinski definition) is 4. The molecule has 0 radical (unpaired) electrons. The van der Waals surface area contributed by atoms with Crippen molar-refractivity contribution < 1.29 is 14.4 Å². The summed E-state index contributed by atoms with van der Waals surface area (Å²) >= 11 is 1.19. The molecule has 0 aromatic carbocycles. The Morgan fingerprint density at radius 2 is 2.14 bits per heavy atom. The van der Waals surface area contributed by atoms with Crippen LogP contribution >= 0.6 is 11.5 Å². The van der Waals surface area contributed by atoms with E-state index >= 15 is 0 Å². The van der Waals surface area contributed by atoms with E-state index in [4.69, 9.17) is 0 Å². The first-order valence-corrected chi connectivity index (χ1v) is 9.60. The van der Waals surface area contributed by atoms with E-state index < -0.39 is 11.9 Å². The van der Waals surface area contributed by atoms with Crippen molar-refractivity contribution in [3.05, 3.63) is 40.7 Å². The molecule has 1 aliphatic heterocycles. The molecule has 4 amide bonds. The second-order valence-electron chi connectivity index (χ2n) is 6.61. The van der Waals surface area contributed by atoms with Gasteiger partial charge in [-0.1, -0.05) is 0 Å². The van der Waals surface area contributed by atoms with Gasteiger partial charge in [0.1, 0.15) is 17.3 Å². The predicted molar refractivity (Wildman–Crippen MR) is 104 cm³/mol. The van der Waals surface area contributed by atoms with Crippen molar-refractivity contribution in [2.75, 3.05) is 10.6 Å². The van der Waals surface area contributed by atoms with E-state index in [0.29, 0.717) is 34.5 Å². The van der Waals surface area contributed by atoms with Crippen LogP contribution in [0.4, 0.5) is 16.4 Å². The topological polar surface area (TPSA) is 142 Å². The number of amides is 4. The molecule has 3 aromatic rings. The summed E-state index contributed by atoms with van der Waals surface area (Å²) in [6, 6.07) is 1.46. The molecule has 1 saturated carbocycles. The maximum Gasteiger partial charge on any atom is 0.326 e. The molecule has 2 fully saturated rings. The van der Waals surface area contributed by atoms with Gasteiger partial charge in [-0.25, -0.2) is 14.2 Å². The standard InChI is InChI=1S/C17H14N8O3S/c26-15(9-6-19-29-7-9)23-12-4-13(20-10-1-2-10)25-14(22-12)8(5-18-25)3-11-16(27)24-17(28)21-11/h3-7,10,20H,1-2H2,(H,22,23,26)(H2,21,24,27,28)/b11-3-. The van der Waals surface area contributed by atoms with Gasteiger partial charge in [-0.05, 0) is 30.5 Å². The third-order valence-corrected chi connectivity index (χ3v) is 4.97. The molecular formula is C17H14N8O3S. The fraction of sp³-hybridized carbons (Fsp3) is 0.176. The lowest BCUT2D eigenvalue weighted by Gasteiger charge is -2.10. The van der Waals surface area contributed by atoms with Crippen LogP contribution in [0.2, 0.25) is 0 Å². The van der Waals surface area contributed by atoms with Crippen molar-refractivity contribution in [3.8, 4) is 0 Å². The van der Waals surface area contributed by atoms with Gasteiger partial charge >= 0.3 is 6.03 Å². The number of urea groups is 1. The summed E-state index contributed by atoms with van der Waals surface area (Å²) in [7, 11) is 0. The summed E-state index contributed by atoms with van der Waals surface area (Å²) in [4.78, 5) is 40.1. The van der Waals surface area contributed by atoms with Crippen molar-refractivity contribution in [2.45, 2.75) is 18.9 Å². The zero-order valence-electron chi connectivity index (χ0n) is 14.8. The van der Waals surface area contributed by atoms with Crippen LogP contribution in [0.5, 0.6) is 0 Å². The first-order chi connectivity index (χ1) is 14.1. The SMILES string of the molecule is O=C1NC(=O)/C(=C/c2cnn3c(NC4CC4)cc(NC(=O)c4cnsc4)nc23)N1. The Kier molecular flexibility index (Phi) is 3.98. The fourth-order valence-corrected chi connectivity index (χ4v) is 3.35. The zero-order valence-corrected chi connectivity index (χ0v) is 15.6. The number of hydrogen-bond acceptors (Lipinski definition) is 8. The van der Waals surface area contributed by atoms with Crippen LogP contribution in [-0.2, 0) is 4.79 Å². The molecule has 29 heavy (non-hydrogen) atoms. The molecule has 1 aliphatic carbocycles. The number of rotatable bonds is 5. The lowest BCUT2D eigenvalue weighted by Crippen LogP contribution is -2.22. The second kappa shape index (κ2) is 6.67. The average molecular weight is 410 g/mol. The molecule has 3 aromatic heterocycles. The summed E-state index contributed by atoms with van der Waals surface area (Å²) in [6.07, 6.45) is 6.62. The number of anilines is 2. The predicted octanol–water partition coefficient (Wildman–Crippen LogP) is 1.19. The number of carbonyl (C=O) groups excluding carboxylic acids is 3. The maximum atomic E-state index is 12.4. The van der Waals surface area contributed by atoms with E-state index in [2.05, 4.69) is 35.7 Å². The molecule has 146 valence electrons. The van der Waals surface area contributed by atoms with Crippen molar-refractivity contribution in [1.29, 1.82) is 0 Å². The Morgan fingerprint density at radius 3 is 2.83 bits per heavy atom. The highest BCUT2D eigenvalue weighted by molar-refractivity contribution is 7.03. The van der Waals surface area contributed by atoms with E-state index in [1.807, 2.05) is 0 Å². The highest BCUT2D eigenvalue weighted by Crippen LogP contribution is 2.27. The Morgan fingerprint density at radius 1 is 1.28 bits per heavy atom. The van der Waals surface area contributed by atoms with Gasteiger partial charge in [-0.2, -0.15) is 9.61 Å². The third-order valence-electron chi connectivity index (χ3n) is 4.38. The minimum atomic E-state index is -0.584. The molecule has 2 aliphatic rings. The van der Waals surface area contributed by atoms with Gasteiger partial charge in [0.05, 0.1) is 18.0 Å². The molecule has 0 bridgehead atoms. The van der Waals surface area contributed by atoms with E-state index in [0.717, 1.165) is 12.8 Å². The van der Waals surface area contributed by atoms with E-state index in [-0.39, 0.29) is 11.6 Å².